The second-order valence-corrected chi connectivity index (χ2v) is 7.97. The highest BCUT2D eigenvalue weighted by atomic mass is 127. The summed E-state index contributed by atoms with van der Waals surface area (Å²) in [6, 6.07) is 6.52. The Kier molecular flexibility index (Phi) is 13.4. The molecule has 1 aliphatic heterocycles. The predicted molar refractivity (Wildman–Crippen MR) is 140 cm³/mol. The molecule has 3 N–H and O–H groups in total. The van der Waals surface area contributed by atoms with Gasteiger partial charge >= 0.3 is 0 Å². The van der Waals surface area contributed by atoms with Gasteiger partial charge in [-0.2, -0.15) is 0 Å². The fraction of sp³-hybridized carbons (Fsp3) is 0.652. The van der Waals surface area contributed by atoms with Crippen molar-refractivity contribution < 1.29 is 14.3 Å². The molecule has 9 heteroatoms. The smallest absolute Gasteiger partial charge is 0.222 e. The summed E-state index contributed by atoms with van der Waals surface area (Å²) in [7, 11) is 3.34. The zero-order chi connectivity index (χ0) is 22.6. The zero-order valence-corrected chi connectivity index (χ0v) is 22.4. The van der Waals surface area contributed by atoms with Crippen LogP contribution in [0.4, 0.5) is 0 Å². The summed E-state index contributed by atoms with van der Waals surface area (Å²) in [6.45, 7) is 10.2. The fourth-order valence-corrected chi connectivity index (χ4v) is 3.54. The number of rotatable bonds is 11. The van der Waals surface area contributed by atoms with Crippen LogP contribution in [0.5, 0.6) is 11.5 Å². The Labute approximate surface area is 209 Å². The largest absolute Gasteiger partial charge is 0.497 e. The number of aliphatic imine (C=N–C) groups is 1. The van der Waals surface area contributed by atoms with Gasteiger partial charge in [0.15, 0.2) is 5.96 Å². The van der Waals surface area contributed by atoms with Crippen LogP contribution in [-0.2, 0) is 11.3 Å². The molecular weight excluding hydrogens is 521 g/mol. The first-order valence-electron chi connectivity index (χ1n) is 11.3. The van der Waals surface area contributed by atoms with E-state index in [1.165, 1.54) is 5.56 Å². The number of ether oxygens (including phenoxy) is 2. The Bertz CT molecular complexity index is 709. The maximum Gasteiger partial charge on any atom is 0.222 e. The summed E-state index contributed by atoms with van der Waals surface area (Å²) in [5, 5.41) is 9.79. The molecular formula is C23H40IN5O3. The number of hydrogen-bond donors (Lipinski definition) is 3. The number of methoxy groups -OCH3 is 2. The summed E-state index contributed by atoms with van der Waals surface area (Å²) in [4.78, 5) is 19.0. The van der Waals surface area contributed by atoms with Crippen LogP contribution >= 0.6 is 24.0 Å². The summed E-state index contributed by atoms with van der Waals surface area (Å²) >= 11 is 0. The minimum absolute atomic E-state index is 0. The van der Waals surface area contributed by atoms with Gasteiger partial charge in [-0.3, -0.25) is 14.7 Å². The van der Waals surface area contributed by atoms with Crippen LogP contribution in [0.15, 0.2) is 23.2 Å². The molecule has 32 heavy (non-hydrogen) atoms. The molecule has 0 aliphatic carbocycles. The molecule has 0 bridgehead atoms. The average Bonchev–Trinajstić information content (AvgIpc) is 3.19. The van der Waals surface area contributed by atoms with E-state index in [4.69, 9.17) is 9.47 Å². The zero-order valence-electron chi connectivity index (χ0n) is 20.1. The quantitative estimate of drug-likeness (QED) is 0.219. The molecule has 0 spiro atoms. The Balaban J connectivity index is 0.00000512. The topological polar surface area (TPSA) is 87.2 Å². The van der Waals surface area contributed by atoms with E-state index in [1.54, 1.807) is 14.2 Å². The van der Waals surface area contributed by atoms with Crippen molar-refractivity contribution in [1.29, 1.82) is 0 Å². The monoisotopic (exact) mass is 561 g/mol. The maximum atomic E-state index is 12.0. The lowest BCUT2D eigenvalue weighted by molar-refractivity contribution is -0.121. The average molecular weight is 562 g/mol. The predicted octanol–water partition coefficient (Wildman–Crippen LogP) is 2.76. The molecule has 2 unspecified atom stereocenters. The van der Waals surface area contributed by atoms with E-state index in [9.17, 15) is 4.79 Å². The van der Waals surface area contributed by atoms with Gasteiger partial charge in [0.1, 0.15) is 11.5 Å². The van der Waals surface area contributed by atoms with Crippen LogP contribution in [0.2, 0.25) is 0 Å². The molecule has 8 nitrogen and oxygen atoms in total. The highest BCUT2D eigenvalue weighted by Gasteiger charge is 2.23. The molecule has 2 atom stereocenters. The number of amides is 1. The minimum atomic E-state index is 0. The number of likely N-dealkylation sites (tertiary alicyclic amines) is 1. The van der Waals surface area contributed by atoms with E-state index in [1.807, 2.05) is 19.9 Å². The van der Waals surface area contributed by atoms with Crippen molar-refractivity contribution in [2.45, 2.75) is 58.7 Å². The molecule has 0 aromatic heterocycles. The van der Waals surface area contributed by atoms with Gasteiger partial charge in [0.05, 0.1) is 20.8 Å². The van der Waals surface area contributed by atoms with Crippen LogP contribution in [0.3, 0.4) is 0 Å². The number of benzene rings is 1. The first-order chi connectivity index (χ1) is 15.0. The molecule has 182 valence electrons. The molecule has 1 aromatic carbocycles. The number of carbonyl (C=O) groups is 1. The Morgan fingerprint density at radius 3 is 2.50 bits per heavy atom. The van der Waals surface area contributed by atoms with Gasteiger partial charge in [0.25, 0.3) is 0 Å². The van der Waals surface area contributed by atoms with Gasteiger partial charge in [-0.25, -0.2) is 0 Å². The standard InChI is InChI=1S/C23H39N5O3.HI/c1-6-17(3)26-22(29)8-10-25-23(24-7-2)27-19-9-11-28(16-19)15-18-12-20(30-4)14-21(13-18)31-5;/h12-14,17,19H,6-11,15-16H2,1-5H3,(H,26,29)(H2,24,25,27);1H. The van der Waals surface area contributed by atoms with E-state index in [2.05, 4.69) is 44.9 Å². The molecule has 1 saturated heterocycles. The Morgan fingerprint density at radius 1 is 1.22 bits per heavy atom. The SMILES string of the molecule is CCNC(=NCCC(=O)NC(C)CC)NC1CCN(Cc2cc(OC)cc(OC)c2)C1.I. The summed E-state index contributed by atoms with van der Waals surface area (Å²) < 4.78 is 10.8. The number of carbonyl (C=O) groups excluding carboxylic acids is 1. The molecule has 1 amide bonds. The van der Waals surface area contributed by atoms with E-state index >= 15 is 0 Å². The van der Waals surface area contributed by atoms with Gasteiger partial charge in [-0.15, -0.1) is 24.0 Å². The lowest BCUT2D eigenvalue weighted by atomic mass is 10.2. The third-order valence-electron chi connectivity index (χ3n) is 5.40. The fourth-order valence-electron chi connectivity index (χ4n) is 3.54. The maximum absolute atomic E-state index is 12.0. The van der Waals surface area contributed by atoms with Gasteiger partial charge in [0.2, 0.25) is 5.91 Å². The molecule has 1 fully saturated rings. The van der Waals surface area contributed by atoms with Crippen LogP contribution in [0.25, 0.3) is 0 Å². The third kappa shape index (κ3) is 9.81. The molecule has 0 radical (unpaired) electrons. The molecule has 2 rings (SSSR count). The number of nitrogens with zero attached hydrogens (tertiary/aromatic N) is 2. The van der Waals surface area contributed by atoms with Gasteiger partial charge in [-0.05, 0) is 44.4 Å². The van der Waals surface area contributed by atoms with Crippen LogP contribution < -0.4 is 25.4 Å². The van der Waals surface area contributed by atoms with Crippen LogP contribution in [0.1, 0.15) is 45.6 Å². The minimum Gasteiger partial charge on any atom is -0.497 e. The second kappa shape index (κ2) is 15.2. The molecule has 1 heterocycles. The number of guanidine groups is 1. The van der Waals surface area contributed by atoms with E-state index in [0.717, 1.165) is 56.5 Å². The lowest BCUT2D eigenvalue weighted by Crippen LogP contribution is -2.44. The van der Waals surface area contributed by atoms with Gasteiger partial charge in [-0.1, -0.05) is 6.92 Å². The number of hydrogen-bond acceptors (Lipinski definition) is 5. The van der Waals surface area contributed by atoms with Crippen molar-refractivity contribution in [2.24, 2.45) is 4.99 Å². The first-order valence-corrected chi connectivity index (χ1v) is 11.3. The first kappa shape index (κ1) is 28.3. The van der Waals surface area contributed by atoms with Crippen LogP contribution in [0, 0.1) is 0 Å². The highest BCUT2D eigenvalue weighted by Crippen LogP contribution is 2.24. The highest BCUT2D eigenvalue weighted by molar-refractivity contribution is 14.0. The van der Waals surface area contributed by atoms with Gasteiger partial charge in [0, 0.05) is 50.7 Å². The lowest BCUT2D eigenvalue weighted by Gasteiger charge is -2.19. The number of halogens is 1. The number of nitrogens with one attached hydrogen (secondary N) is 3. The Hall–Kier alpha value is -1.75. The normalized spacial score (nSPS) is 17.3. The summed E-state index contributed by atoms with van der Waals surface area (Å²) in [6.07, 6.45) is 2.37. The van der Waals surface area contributed by atoms with E-state index < -0.39 is 0 Å². The van der Waals surface area contributed by atoms with Crippen molar-refractivity contribution in [2.75, 3.05) is 40.4 Å². The summed E-state index contributed by atoms with van der Waals surface area (Å²) in [5.74, 6) is 2.44. The molecule has 1 aromatic rings. The molecule has 1 aliphatic rings. The summed E-state index contributed by atoms with van der Waals surface area (Å²) in [5.41, 5.74) is 1.17. The van der Waals surface area contributed by atoms with Gasteiger partial charge < -0.3 is 25.4 Å². The van der Waals surface area contributed by atoms with Crippen molar-refractivity contribution >= 4 is 35.8 Å². The Morgan fingerprint density at radius 2 is 1.91 bits per heavy atom. The van der Waals surface area contributed by atoms with Crippen molar-refractivity contribution in [3.05, 3.63) is 23.8 Å². The molecule has 0 saturated carbocycles. The second-order valence-electron chi connectivity index (χ2n) is 7.97. The van der Waals surface area contributed by atoms with Crippen molar-refractivity contribution in [1.82, 2.24) is 20.9 Å². The van der Waals surface area contributed by atoms with E-state index in [0.29, 0.717) is 19.0 Å². The van der Waals surface area contributed by atoms with Crippen LogP contribution in [-0.4, -0.2) is 69.2 Å². The third-order valence-corrected chi connectivity index (χ3v) is 5.40. The van der Waals surface area contributed by atoms with Crippen molar-refractivity contribution in [3.8, 4) is 11.5 Å². The van der Waals surface area contributed by atoms with Crippen molar-refractivity contribution in [3.63, 3.8) is 0 Å². The van der Waals surface area contributed by atoms with E-state index in [-0.39, 0.29) is 35.9 Å².